The van der Waals surface area contributed by atoms with E-state index in [0.29, 0.717) is 0 Å². The van der Waals surface area contributed by atoms with E-state index in [4.69, 9.17) is 10.5 Å². The zero-order valence-corrected chi connectivity index (χ0v) is 10.8. The van der Waals surface area contributed by atoms with Crippen molar-refractivity contribution in [3.8, 4) is 5.75 Å². The van der Waals surface area contributed by atoms with Crippen LogP contribution < -0.4 is 21.1 Å². The molecule has 1 aromatic rings. The number of aryl methyl sites for hydroxylation is 1. The number of nitrogens with two attached hydrogens (primary N) is 1. The van der Waals surface area contributed by atoms with Crippen molar-refractivity contribution in [2.75, 3.05) is 14.2 Å². The number of aliphatic imine (C=N–C) groups is 1. The standard InChI is InChI=1S/C13H18N4O/c1-8-4-5-11(18-3)9(6-8)10-7-12(15-2)17-13(14)16-10/h4-7,13,15,17H,14H2,1-3H3. The maximum atomic E-state index is 5.84. The maximum absolute atomic E-state index is 5.84. The highest BCUT2D eigenvalue weighted by atomic mass is 16.5. The predicted octanol–water partition coefficient (Wildman–Crippen LogP) is 0.699. The SMILES string of the molecule is CNC1=CC(c2cc(C)ccc2OC)=NC(N)N1. The summed E-state index contributed by atoms with van der Waals surface area (Å²) in [6.07, 6.45) is 1.47. The van der Waals surface area contributed by atoms with Gasteiger partial charge in [0, 0.05) is 18.7 Å². The minimum Gasteiger partial charge on any atom is -0.496 e. The van der Waals surface area contributed by atoms with Crippen LogP contribution in [0.5, 0.6) is 5.75 Å². The number of nitrogens with one attached hydrogen (secondary N) is 2. The van der Waals surface area contributed by atoms with Crippen LogP contribution >= 0.6 is 0 Å². The van der Waals surface area contributed by atoms with Gasteiger partial charge in [-0.1, -0.05) is 11.6 Å². The highest BCUT2D eigenvalue weighted by Gasteiger charge is 2.15. The summed E-state index contributed by atoms with van der Waals surface area (Å²) in [4.78, 5) is 4.39. The van der Waals surface area contributed by atoms with E-state index in [-0.39, 0.29) is 0 Å². The van der Waals surface area contributed by atoms with Crippen LogP contribution in [0.4, 0.5) is 0 Å². The number of benzene rings is 1. The molecule has 1 heterocycles. The smallest absolute Gasteiger partial charge is 0.173 e. The Morgan fingerprint density at radius 1 is 1.44 bits per heavy atom. The molecule has 0 fully saturated rings. The van der Waals surface area contributed by atoms with Crippen LogP contribution in [0.2, 0.25) is 0 Å². The summed E-state index contributed by atoms with van der Waals surface area (Å²) in [6.45, 7) is 2.03. The molecule has 0 saturated heterocycles. The molecule has 0 spiro atoms. The zero-order chi connectivity index (χ0) is 13.1. The third kappa shape index (κ3) is 2.46. The van der Waals surface area contributed by atoms with Crippen molar-refractivity contribution in [2.24, 2.45) is 10.7 Å². The summed E-state index contributed by atoms with van der Waals surface area (Å²) in [6, 6.07) is 5.99. The molecule has 96 valence electrons. The van der Waals surface area contributed by atoms with Gasteiger partial charge in [0.1, 0.15) is 11.6 Å². The number of rotatable bonds is 3. The summed E-state index contributed by atoms with van der Waals surface area (Å²) < 4.78 is 5.37. The van der Waals surface area contributed by atoms with Crippen molar-refractivity contribution in [2.45, 2.75) is 13.2 Å². The van der Waals surface area contributed by atoms with Crippen LogP contribution in [0.3, 0.4) is 0 Å². The Balaban J connectivity index is 2.47. The van der Waals surface area contributed by atoms with Crippen molar-refractivity contribution >= 4 is 5.71 Å². The van der Waals surface area contributed by atoms with Crippen LogP contribution in [0.15, 0.2) is 35.1 Å². The first-order valence-corrected chi connectivity index (χ1v) is 5.78. The Hall–Kier alpha value is -2.01. The van der Waals surface area contributed by atoms with Gasteiger partial charge in [-0.25, -0.2) is 4.99 Å². The lowest BCUT2D eigenvalue weighted by Crippen LogP contribution is -2.42. The molecule has 0 bridgehead atoms. The Bertz CT molecular complexity index is 508. The number of methoxy groups -OCH3 is 1. The third-order valence-corrected chi connectivity index (χ3v) is 2.76. The van der Waals surface area contributed by atoms with E-state index >= 15 is 0 Å². The molecule has 18 heavy (non-hydrogen) atoms. The average molecular weight is 246 g/mol. The Kier molecular flexibility index (Phi) is 3.53. The number of hydrogen-bond donors (Lipinski definition) is 3. The molecule has 0 aliphatic carbocycles. The first-order chi connectivity index (χ1) is 8.63. The van der Waals surface area contributed by atoms with Crippen LogP contribution in [0, 0.1) is 6.92 Å². The Morgan fingerprint density at radius 3 is 2.89 bits per heavy atom. The molecule has 1 aliphatic rings. The van der Waals surface area contributed by atoms with Gasteiger partial charge in [0.2, 0.25) is 0 Å². The number of hydrogen-bond acceptors (Lipinski definition) is 5. The zero-order valence-electron chi connectivity index (χ0n) is 10.8. The van der Waals surface area contributed by atoms with Gasteiger partial charge in [0.25, 0.3) is 0 Å². The molecule has 0 amide bonds. The first-order valence-electron chi connectivity index (χ1n) is 5.78. The minimum atomic E-state index is -0.447. The molecule has 0 saturated carbocycles. The number of ether oxygens (including phenoxy) is 1. The second-order valence-electron chi connectivity index (χ2n) is 4.12. The van der Waals surface area contributed by atoms with E-state index < -0.39 is 6.29 Å². The lowest BCUT2D eigenvalue weighted by molar-refractivity contribution is 0.413. The molecule has 2 rings (SSSR count). The molecule has 0 radical (unpaired) electrons. The first kappa shape index (κ1) is 12.4. The fraction of sp³-hybridized carbons (Fsp3) is 0.308. The monoisotopic (exact) mass is 246 g/mol. The number of allylic oxidation sites excluding steroid dienone is 1. The van der Waals surface area contributed by atoms with Crippen molar-refractivity contribution in [1.29, 1.82) is 0 Å². The molecule has 1 atom stereocenters. The maximum Gasteiger partial charge on any atom is 0.173 e. The minimum absolute atomic E-state index is 0.447. The van der Waals surface area contributed by atoms with Gasteiger partial charge in [-0.05, 0) is 19.1 Å². The molecule has 1 unspecified atom stereocenters. The van der Waals surface area contributed by atoms with Gasteiger partial charge in [-0.2, -0.15) is 0 Å². The summed E-state index contributed by atoms with van der Waals surface area (Å²) in [7, 11) is 3.49. The lowest BCUT2D eigenvalue weighted by Gasteiger charge is -2.21. The normalized spacial score (nSPS) is 18.6. The Labute approximate surface area is 107 Å². The largest absolute Gasteiger partial charge is 0.496 e. The van der Waals surface area contributed by atoms with Gasteiger partial charge >= 0.3 is 0 Å². The van der Waals surface area contributed by atoms with Gasteiger partial charge in [-0.3, -0.25) is 5.73 Å². The van der Waals surface area contributed by atoms with Crippen LogP contribution in [0.1, 0.15) is 11.1 Å². The molecular weight excluding hydrogens is 228 g/mol. The number of nitrogens with zero attached hydrogens (tertiary/aromatic N) is 1. The van der Waals surface area contributed by atoms with Gasteiger partial charge in [0.15, 0.2) is 6.29 Å². The van der Waals surface area contributed by atoms with Crippen molar-refractivity contribution in [3.05, 3.63) is 41.2 Å². The van der Waals surface area contributed by atoms with E-state index in [1.54, 1.807) is 7.11 Å². The summed E-state index contributed by atoms with van der Waals surface area (Å²) in [5.74, 6) is 1.64. The molecule has 5 nitrogen and oxygen atoms in total. The lowest BCUT2D eigenvalue weighted by atomic mass is 10.0. The van der Waals surface area contributed by atoms with Crippen LogP contribution in [0.25, 0.3) is 0 Å². The fourth-order valence-corrected chi connectivity index (χ4v) is 1.87. The van der Waals surface area contributed by atoms with Gasteiger partial charge in [-0.15, -0.1) is 0 Å². The second-order valence-corrected chi connectivity index (χ2v) is 4.12. The predicted molar refractivity (Wildman–Crippen MR) is 72.5 cm³/mol. The topological polar surface area (TPSA) is 71.7 Å². The van der Waals surface area contributed by atoms with Gasteiger partial charge < -0.3 is 15.4 Å². The third-order valence-electron chi connectivity index (χ3n) is 2.76. The van der Waals surface area contributed by atoms with Crippen molar-refractivity contribution < 1.29 is 4.74 Å². The van der Waals surface area contributed by atoms with E-state index in [1.807, 2.05) is 38.2 Å². The van der Waals surface area contributed by atoms with Gasteiger partial charge in [0.05, 0.1) is 12.8 Å². The van der Waals surface area contributed by atoms with E-state index in [9.17, 15) is 0 Å². The van der Waals surface area contributed by atoms with E-state index in [0.717, 1.165) is 28.4 Å². The highest BCUT2D eigenvalue weighted by Crippen LogP contribution is 2.22. The Morgan fingerprint density at radius 2 is 2.22 bits per heavy atom. The van der Waals surface area contributed by atoms with Crippen LogP contribution in [-0.4, -0.2) is 26.2 Å². The van der Waals surface area contributed by atoms with Crippen molar-refractivity contribution in [1.82, 2.24) is 10.6 Å². The highest BCUT2D eigenvalue weighted by molar-refractivity contribution is 6.11. The van der Waals surface area contributed by atoms with Crippen molar-refractivity contribution in [3.63, 3.8) is 0 Å². The molecule has 5 heteroatoms. The average Bonchev–Trinajstić information content (AvgIpc) is 2.38. The molecular formula is C13H18N4O. The fourth-order valence-electron chi connectivity index (χ4n) is 1.87. The summed E-state index contributed by atoms with van der Waals surface area (Å²) in [5, 5.41) is 6.05. The summed E-state index contributed by atoms with van der Waals surface area (Å²) >= 11 is 0. The van der Waals surface area contributed by atoms with Crippen LogP contribution in [-0.2, 0) is 0 Å². The molecule has 1 aromatic carbocycles. The summed E-state index contributed by atoms with van der Waals surface area (Å²) in [5.41, 5.74) is 8.75. The van der Waals surface area contributed by atoms with E-state index in [2.05, 4.69) is 15.6 Å². The molecule has 0 aromatic heterocycles. The quantitative estimate of drug-likeness (QED) is 0.734. The molecule has 4 N–H and O–H groups in total. The van der Waals surface area contributed by atoms with E-state index in [1.165, 1.54) is 0 Å². The second kappa shape index (κ2) is 5.10. The molecule has 1 aliphatic heterocycles.